The van der Waals surface area contributed by atoms with Gasteiger partial charge in [0.2, 0.25) is 0 Å². The number of carbonyl (C=O) groups is 1. The quantitative estimate of drug-likeness (QED) is 0.453. The third-order valence-electron chi connectivity index (χ3n) is 2.48. The average Bonchev–Trinajstić information content (AvgIpc) is 2.37. The van der Waals surface area contributed by atoms with Crippen LogP contribution in [-0.4, -0.2) is 6.29 Å². The summed E-state index contributed by atoms with van der Waals surface area (Å²) in [4.78, 5) is 10.5. The number of hydrogen-bond donors (Lipinski definition) is 0. The standard InChI is InChI=1S/C13H6F4O/c14-10-5-4-9(12(16)13(10)17)8-3-1-2-7(6-18)11(8)15/h1-6H. The Kier molecular flexibility index (Phi) is 3.14. The minimum atomic E-state index is -1.68. The minimum Gasteiger partial charge on any atom is -0.298 e. The van der Waals surface area contributed by atoms with E-state index >= 15 is 0 Å². The van der Waals surface area contributed by atoms with Crippen molar-refractivity contribution in [3.8, 4) is 11.1 Å². The highest BCUT2D eigenvalue weighted by atomic mass is 19.2. The van der Waals surface area contributed by atoms with E-state index in [1.54, 1.807) is 0 Å². The summed E-state index contributed by atoms with van der Waals surface area (Å²) in [7, 11) is 0. The van der Waals surface area contributed by atoms with E-state index in [1.165, 1.54) is 18.2 Å². The minimum absolute atomic E-state index is 0.261. The molecule has 0 spiro atoms. The predicted molar refractivity (Wildman–Crippen MR) is 57.1 cm³/mol. The Bertz CT molecular complexity index is 623. The number of hydrogen-bond acceptors (Lipinski definition) is 1. The Morgan fingerprint density at radius 2 is 1.44 bits per heavy atom. The van der Waals surface area contributed by atoms with Gasteiger partial charge < -0.3 is 0 Å². The van der Waals surface area contributed by atoms with Gasteiger partial charge in [-0.3, -0.25) is 4.79 Å². The summed E-state index contributed by atoms with van der Waals surface area (Å²) in [6, 6.07) is 5.31. The second kappa shape index (κ2) is 4.60. The molecule has 0 aliphatic heterocycles. The molecule has 0 heterocycles. The molecule has 2 rings (SSSR count). The van der Waals surface area contributed by atoms with E-state index in [9.17, 15) is 22.4 Å². The fourth-order valence-electron chi connectivity index (χ4n) is 1.58. The predicted octanol–water partition coefficient (Wildman–Crippen LogP) is 3.72. The van der Waals surface area contributed by atoms with Crippen molar-refractivity contribution in [2.45, 2.75) is 0 Å². The number of benzene rings is 2. The lowest BCUT2D eigenvalue weighted by Crippen LogP contribution is -1.97. The van der Waals surface area contributed by atoms with E-state index in [2.05, 4.69) is 0 Å². The third-order valence-corrected chi connectivity index (χ3v) is 2.48. The Morgan fingerprint density at radius 1 is 0.778 bits per heavy atom. The Labute approximate surface area is 99.7 Å². The third kappa shape index (κ3) is 1.88. The fourth-order valence-corrected chi connectivity index (χ4v) is 1.58. The van der Waals surface area contributed by atoms with Crippen molar-refractivity contribution in [3.05, 3.63) is 59.2 Å². The Balaban J connectivity index is 2.70. The van der Waals surface area contributed by atoms with Crippen LogP contribution in [0.1, 0.15) is 10.4 Å². The number of aldehydes is 1. The first-order valence-electron chi connectivity index (χ1n) is 4.94. The van der Waals surface area contributed by atoms with Crippen LogP contribution in [-0.2, 0) is 0 Å². The van der Waals surface area contributed by atoms with Gasteiger partial charge in [-0.2, -0.15) is 0 Å². The maximum atomic E-state index is 13.8. The molecule has 0 aromatic heterocycles. The van der Waals surface area contributed by atoms with E-state index in [0.717, 1.165) is 6.07 Å². The van der Waals surface area contributed by atoms with Gasteiger partial charge in [-0.15, -0.1) is 0 Å². The zero-order valence-corrected chi connectivity index (χ0v) is 8.88. The largest absolute Gasteiger partial charge is 0.298 e. The molecule has 92 valence electrons. The molecule has 0 saturated carbocycles. The van der Waals surface area contributed by atoms with Crippen LogP contribution in [0.5, 0.6) is 0 Å². The van der Waals surface area contributed by atoms with Gasteiger partial charge in [-0.05, 0) is 18.2 Å². The van der Waals surface area contributed by atoms with Crippen molar-refractivity contribution < 1.29 is 22.4 Å². The van der Waals surface area contributed by atoms with Gasteiger partial charge in [0.15, 0.2) is 23.7 Å². The zero-order valence-electron chi connectivity index (χ0n) is 8.88. The van der Waals surface area contributed by atoms with Gasteiger partial charge >= 0.3 is 0 Å². The van der Waals surface area contributed by atoms with Crippen LogP contribution in [0, 0.1) is 23.3 Å². The van der Waals surface area contributed by atoms with Crippen molar-refractivity contribution in [1.82, 2.24) is 0 Å². The summed E-state index contributed by atoms with van der Waals surface area (Å²) in [5, 5.41) is 0. The Hall–Kier alpha value is -2.17. The number of rotatable bonds is 2. The molecule has 0 atom stereocenters. The molecule has 0 N–H and O–H groups in total. The topological polar surface area (TPSA) is 17.1 Å². The zero-order chi connectivity index (χ0) is 13.3. The van der Waals surface area contributed by atoms with E-state index in [-0.39, 0.29) is 17.4 Å². The maximum absolute atomic E-state index is 13.8. The lowest BCUT2D eigenvalue weighted by molar-refractivity contribution is 0.112. The second-order valence-electron chi connectivity index (χ2n) is 3.55. The van der Waals surface area contributed by atoms with Crippen LogP contribution in [0.4, 0.5) is 17.6 Å². The van der Waals surface area contributed by atoms with Crippen LogP contribution in [0.3, 0.4) is 0 Å². The SMILES string of the molecule is O=Cc1cccc(-c2ccc(F)c(F)c2F)c1F. The van der Waals surface area contributed by atoms with Crippen molar-refractivity contribution in [3.63, 3.8) is 0 Å². The summed E-state index contributed by atoms with van der Waals surface area (Å²) in [5.41, 5.74) is -1.01. The molecular weight excluding hydrogens is 248 g/mol. The summed E-state index contributed by atoms with van der Waals surface area (Å²) in [5.74, 6) is -5.50. The lowest BCUT2D eigenvalue weighted by atomic mass is 10.0. The van der Waals surface area contributed by atoms with E-state index in [1.807, 2.05) is 0 Å². The van der Waals surface area contributed by atoms with Crippen LogP contribution in [0.2, 0.25) is 0 Å². The molecule has 0 saturated heterocycles. The van der Waals surface area contributed by atoms with E-state index in [4.69, 9.17) is 0 Å². The highest BCUT2D eigenvalue weighted by Gasteiger charge is 2.18. The summed E-state index contributed by atoms with van der Waals surface area (Å²) < 4.78 is 53.1. The van der Waals surface area contributed by atoms with Gasteiger partial charge in [0.1, 0.15) is 5.82 Å². The highest BCUT2D eigenvalue weighted by molar-refractivity contribution is 5.79. The van der Waals surface area contributed by atoms with E-state index in [0.29, 0.717) is 6.07 Å². The molecular formula is C13H6F4O. The van der Waals surface area contributed by atoms with Gasteiger partial charge in [0, 0.05) is 11.1 Å². The molecule has 0 unspecified atom stereocenters. The van der Waals surface area contributed by atoms with Crippen LogP contribution >= 0.6 is 0 Å². The number of halogens is 4. The van der Waals surface area contributed by atoms with Gasteiger partial charge in [0.05, 0.1) is 5.56 Å². The van der Waals surface area contributed by atoms with Crippen molar-refractivity contribution in [1.29, 1.82) is 0 Å². The molecule has 2 aromatic rings. The smallest absolute Gasteiger partial charge is 0.195 e. The van der Waals surface area contributed by atoms with Crippen LogP contribution in [0.15, 0.2) is 30.3 Å². The summed E-state index contributed by atoms with van der Waals surface area (Å²) >= 11 is 0. The first-order chi connectivity index (χ1) is 8.56. The molecule has 5 heteroatoms. The maximum Gasteiger partial charge on any atom is 0.195 e. The summed E-state index contributed by atoms with van der Waals surface area (Å²) in [6.07, 6.45) is 0.261. The molecule has 0 radical (unpaired) electrons. The molecule has 0 fully saturated rings. The van der Waals surface area contributed by atoms with Crippen molar-refractivity contribution in [2.24, 2.45) is 0 Å². The lowest BCUT2D eigenvalue weighted by Gasteiger charge is -2.07. The summed E-state index contributed by atoms with van der Waals surface area (Å²) in [6.45, 7) is 0. The molecule has 0 amide bonds. The first-order valence-corrected chi connectivity index (χ1v) is 4.94. The van der Waals surface area contributed by atoms with E-state index < -0.39 is 28.8 Å². The molecule has 0 bridgehead atoms. The molecule has 2 aromatic carbocycles. The molecule has 1 nitrogen and oxygen atoms in total. The van der Waals surface area contributed by atoms with Crippen molar-refractivity contribution >= 4 is 6.29 Å². The van der Waals surface area contributed by atoms with Crippen molar-refractivity contribution in [2.75, 3.05) is 0 Å². The molecule has 18 heavy (non-hydrogen) atoms. The van der Waals surface area contributed by atoms with Gasteiger partial charge in [0.25, 0.3) is 0 Å². The Morgan fingerprint density at radius 3 is 2.11 bits per heavy atom. The van der Waals surface area contributed by atoms with Gasteiger partial charge in [-0.25, -0.2) is 17.6 Å². The second-order valence-corrected chi connectivity index (χ2v) is 3.55. The molecule has 0 aliphatic rings. The van der Waals surface area contributed by atoms with Crippen LogP contribution in [0.25, 0.3) is 11.1 Å². The number of carbonyl (C=O) groups excluding carboxylic acids is 1. The average molecular weight is 254 g/mol. The van der Waals surface area contributed by atoms with Crippen LogP contribution < -0.4 is 0 Å². The molecule has 0 aliphatic carbocycles. The normalized spacial score (nSPS) is 10.4. The highest BCUT2D eigenvalue weighted by Crippen LogP contribution is 2.29. The van der Waals surface area contributed by atoms with Gasteiger partial charge in [-0.1, -0.05) is 12.1 Å². The first kappa shape index (κ1) is 12.3. The fraction of sp³-hybridized carbons (Fsp3) is 0. The monoisotopic (exact) mass is 254 g/mol.